The minimum absolute atomic E-state index is 0.0427. The lowest BCUT2D eigenvalue weighted by molar-refractivity contribution is -0.125. The predicted molar refractivity (Wildman–Crippen MR) is 204 cm³/mol. The fraction of sp³-hybridized carbons (Fsp3) is 0.976. The minimum atomic E-state index is -0.742. The van der Waals surface area contributed by atoms with Gasteiger partial charge in [-0.25, -0.2) is 0 Å². The van der Waals surface area contributed by atoms with Gasteiger partial charge in [0, 0.05) is 0 Å². The number of aliphatic hydroxyl groups excluding tert-OH is 3. The van der Waals surface area contributed by atoms with Gasteiger partial charge in [-0.1, -0.05) is 219 Å². The maximum Gasteiger partial charge on any atom is 0.222 e. The smallest absolute Gasteiger partial charge is 0.222 e. The van der Waals surface area contributed by atoms with Gasteiger partial charge in [-0.2, -0.15) is 0 Å². The van der Waals surface area contributed by atoms with Crippen LogP contribution in [0.25, 0.3) is 0 Å². The largest absolute Gasteiger partial charge is 0.394 e. The van der Waals surface area contributed by atoms with E-state index >= 15 is 0 Å². The van der Waals surface area contributed by atoms with Crippen LogP contribution in [0.3, 0.4) is 0 Å². The summed E-state index contributed by atoms with van der Waals surface area (Å²) in [6.07, 6.45) is 42.1. The third-order valence-electron chi connectivity index (χ3n) is 10.2. The van der Waals surface area contributed by atoms with E-state index < -0.39 is 18.2 Å². The maximum absolute atomic E-state index is 12.4. The van der Waals surface area contributed by atoms with Gasteiger partial charge in [-0.05, 0) is 12.8 Å². The van der Waals surface area contributed by atoms with Crippen LogP contribution >= 0.6 is 0 Å². The van der Waals surface area contributed by atoms with Crippen LogP contribution in [0.2, 0.25) is 0 Å². The first-order chi connectivity index (χ1) is 23.0. The molecular formula is C42H85NO4. The molecule has 0 aromatic rings. The Kier molecular flexibility index (Phi) is 37.6. The zero-order valence-corrected chi connectivity index (χ0v) is 31.9. The molecule has 0 bridgehead atoms. The van der Waals surface area contributed by atoms with Crippen molar-refractivity contribution in [1.82, 2.24) is 5.32 Å². The van der Waals surface area contributed by atoms with Gasteiger partial charge in [-0.15, -0.1) is 0 Å². The Balaban J connectivity index is 3.57. The number of carbonyl (C=O) groups is 1. The van der Waals surface area contributed by atoms with Gasteiger partial charge in [-0.3, -0.25) is 4.79 Å². The second kappa shape index (κ2) is 38.2. The Labute approximate surface area is 294 Å². The predicted octanol–water partition coefficient (Wildman–Crippen LogP) is 11.9. The molecule has 5 nitrogen and oxygen atoms in total. The summed E-state index contributed by atoms with van der Waals surface area (Å²) in [6, 6.07) is -0.651. The molecule has 0 aliphatic heterocycles. The van der Waals surface area contributed by atoms with Gasteiger partial charge in [0.15, 0.2) is 0 Å². The number of aliphatic hydroxyl groups is 3. The van der Waals surface area contributed by atoms with E-state index in [2.05, 4.69) is 19.2 Å². The van der Waals surface area contributed by atoms with E-state index in [0.717, 1.165) is 25.7 Å². The topological polar surface area (TPSA) is 89.8 Å². The number of carbonyl (C=O) groups excluding carboxylic acids is 1. The van der Waals surface area contributed by atoms with Crippen molar-refractivity contribution in [2.24, 2.45) is 0 Å². The lowest BCUT2D eigenvalue weighted by atomic mass is 10.0. The third kappa shape index (κ3) is 35.0. The molecule has 0 fully saturated rings. The molecule has 0 aromatic heterocycles. The van der Waals surface area contributed by atoms with E-state index in [0.29, 0.717) is 12.8 Å². The zero-order valence-electron chi connectivity index (χ0n) is 31.9. The molecule has 0 radical (unpaired) electrons. The van der Waals surface area contributed by atoms with E-state index in [1.807, 2.05) is 0 Å². The summed E-state index contributed by atoms with van der Waals surface area (Å²) < 4.78 is 0. The fourth-order valence-corrected chi connectivity index (χ4v) is 6.88. The van der Waals surface area contributed by atoms with Crippen molar-refractivity contribution in [2.45, 2.75) is 257 Å². The van der Waals surface area contributed by atoms with Crippen LogP contribution in [0.15, 0.2) is 0 Å². The van der Waals surface area contributed by atoms with Gasteiger partial charge in [0.25, 0.3) is 0 Å². The molecule has 0 spiro atoms. The van der Waals surface area contributed by atoms with Gasteiger partial charge >= 0.3 is 0 Å². The summed E-state index contributed by atoms with van der Waals surface area (Å²) in [6.45, 7) is 4.27. The van der Waals surface area contributed by atoms with E-state index in [1.54, 1.807) is 0 Å². The minimum Gasteiger partial charge on any atom is -0.394 e. The van der Waals surface area contributed by atoms with E-state index in [9.17, 15) is 20.1 Å². The van der Waals surface area contributed by atoms with E-state index in [1.165, 1.54) is 180 Å². The van der Waals surface area contributed by atoms with Crippen LogP contribution in [0.5, 0.6) is 0 Å². The Morgan fingerprint density at radius 2 is 0.723 bits per heavy atom. The molecule has 0 aromatic carbocycles. The summed E-state index contributed by atoms with van der Waals surface area (Å²) in [7, 11) is 0. The Hall–Kier alpha value is -0.650. The van der Waals surface area contributed by atoms with Crippen LogP contribution in [-0.4, -0.2) is 46.1 Å². The summed E-state index contributed by atoms with van der Waals surface area (Å²) in [4.78, 5) is 12.4. The van der Waals surface area contributed by atoms with Crippen molar-refractivity contribution < 1.29 is 20.1 Å². The molecule has 0 rings (SSSR count). The average molecular weight is 668 g/mol. The molecule has 3 unspecified atom stereocenters. The Morgan fingerprint density at radius 3 is 1.02 bits per heavy atom. The highest BCUT2D eigenvalue weighted by molar-refractivity contribution is 5.76. The Morgan fingerprint density at radius 1 is 0.447 bits per heavy atom. The fourth-order valence-electron chi connectivity index (χ4n) is 6.88. The van der Waals surface area contributed by atoms with Gasteiger partial charge < -0.3 is 20.6 Å². The van der Waals surface area contributed by atoms with Crippen molar-refractivity contribution in [3.05, 3.63) is 0 Å². The molecule has 47 heavy (non-hydrogen) atoms. The lowest BCUT2D eigenvalue weighted by Gasteiger charge is -2.23. The number of nitrogens with one attached hydrogen (secondary N) is 1. The summed E-state index contributed by atoms with van der Waals surface area (Å²) in [5.74, 6) is -0.279. The Bertz CT molecular complexity index is 615. The number of amides is 1. The van der Waals surface area contributed by atoms with Gasteiger partial charge in [0.2, 0.25) is 5.91 Å². The summed E-state index contributed by atoms with van der Waals surface area (Å²) in [5, 5.41) is 33.3. The molecule has 0 heterocycles. The van der Waals surface area contributed by atoms with Crippen molar-refractivity contribution in [3.63, 3.8) is 0 Å². The molecule has 5 heteroatoms. The van der Waals surface area contributed by atoms with Crippen LogP contribution in [-0.2, 0) is 4.79 Å². The van der Waals surface area contributed by atoms with Crippen molar-refractivity contribution in [2.75, 3.05) is 6.61 Å². The van der Waals surface area contributed by atoms with Crippen molar-refractivity contribution >= 4 is 5.91 Å². The second-order valence-electron chi connectivity index (χ2n) is 15.0. The molecular weight excluding hydrogens is 582 g/mol. The summed E-state index contributed by atoms with van der Waals surface area (Å²) >= 11 is 0. The second-order valence-corrected chi connectivity index (χ2v) is 15.0. The number of hydrogen-bond acceptors (Lipinski definition) is 4. The first-order valence-corrected chi connectivity index (χ1v) is 21.3. The van der Waals surface area contributed by atoms with Crippen molar-refractivity contribution in [1.29, 1.82) is 0 Å². The van der Waals surface area contributed by atoms with E-state index in [4.69, 9.17) is 0 Å². The molecule has 0 aliphatic rings. The molecule has 3 atom stereocenters. The van der Waals surface area contributed by atoms with Gasteiger partial charge in [0.05, 0.1) is 31.3 Å². The van der Waals surface area contributed by atoms with Crippen LogP contribution < -0.4 is 5.32 Å². The zero-order chi connectivity index (χ0) is 34.5. The van der Waals surface area contributed by atoms with Crippen LogP contribution in [0, 0.1) is 0 Å². The molecule has 0 aliphatic carbocycles. The normalized spacial score (nSPS) is 13.6. The first-order valence-electron chi connectivity index (χ1n) is 21.3. The highest BCUT2D eigenvalue weighted by atomic mass is 16.3. The molecule has 0 saturated heterocycles. The third-order valence-corrected chi connectivity index (χ3v) is 10.2. The number of unbranched alkanes of at least 4 members (excludes halogenated alkanes) is 30. The number of rotatable bonds is 39. The van der Waals surface area contributed by atoms with E-state index in [-0.39, 0.29) is 18.9 Å². The lowest BCUT2D eigenvalue weighted by Crippen LogP contribution is -2.46. The maximum atomic E-state index is 12.4. The molecule has 4 N–H and O–H groups in total. The molecule has 0 saturated carbocycles. The quantitative estimate of drug-likeness (QED) is 0.0491. The van der Waals surface area contributed by atoms with Gasteiger partial charge in [0.1, 0.15) is 0 Å². The molecule has 1 amide bonds. The monoisotopic (exact) mass is 668 g/mol. The number of hydrogen-bond donors (Lipinski definition) is 4. The first kappa shape index (κ1) is 46.4. The average Bonchev–Trinajstić information content (AvgIpc) is 3.06. The molecule has 282 valence electrons. The highest BCUT2D eigenvalue weighted by Gasteiger charge is 2.21. The highest BCUT2D eigenvalue weighted by Crippen LogP contribution is 2.17. The van der Waals surface area contributed by atoms with Crippen LogP contribution in [0.4, 0.5) is 0 Å². The standard InChI is InChI=1S/C42H85NO4/c1-3-5-7-9-11-13-15-17-18-19-20-21-22-24-25-27-29-31-33-35-39(45)37-42(47)43-40(38-44)41(46)36-34-32-30-28-26-23-16-14-12-10-8-6-4-2/h39-41,44-46H,3-38H2,1-2H3,(H,43,47). The summed E-state index contributed by atoms with van der Waals surface area (Å²) in [5.41, 5.74) is 0. The SMILES string of the molecule is CCCCCCCCCCCCCCCCCCCCCC(O)CC(=O)NC(CO)C(O)CCCCCCCCCCCCCCC. The van der Waals surface area contributed by atoms with Crippen LogP contribution in [0.1, 0.15) is 239 Å². The van der Waals surface area contributed by atoms with Crippen molar-refractivity contribution in [3.8, 4) is 0 Å².